The van der Waals surface area contributed by atoms with E-state index in [0.717, 1.165) is 0 Å². The van der Waals surface area contributed by atoms with Gasteiger partial charge in [0.15, 0.2) is 5.16 Å². The van der Waals surface area contributed by atoms with Crippen LogP contribution in [0.1, 0.15) is 10.4 Å². The molecule has 112 valence electrons. The van der Waals surface area contributed by atoms with Gasteiger partial charge in [-0.2, -0.15) is 0 Å². The van der Waals surface area contributed by atoms with Gasteiger partial charge in [-0.05, 0) is 12.1 Å². The number of fused-ring (bicyclic) bond motifs is 1. The predicted octanol–water partition coefficient (Wildman–Crippen LogP) is 0.869. The molecule has 3 rings (SSSR count). The van der Waals surface area contributed by atoms with E-state index in [1.807, 2.05) is 0 Å². The minimum absolute atomic E-state index is 0.289. The number of para-hydroxylation sites is 1. The second-order valence-electron chi connectivity index (χ2n) is 4.33. The molecule has 1 aromatic carbocycles. The normalized spacial score (nSPS) is 13.5. The largest absolute Gasteiger partial charge is 0.440 e. The van der Waals surface area contributed by atoms with Gasteiger partial charge in [-0.15, -0.1) is 5.10 Å². The number of rotatable bonds is 3. The molecule has 0 aliphatic carbocycles. The number of aromatic nitrogens is 2. The van der Waals surface area contributed by atoms with Crippen molar-refractivity contribution in [1.82, 2.24) is 15.4 Å². The number of hydrogen-bond acceptors (Lipinski definition) is 8. The van der Waals surface area contributed by atoms with Gasteiger partial charge in [0, 0.05) is 6.07 Å². The minimum atomic E-state index is -0.319. The molecule has 1 aliphatic rings. The van der Waals surface area contributed by atoms with Crippen molar-refractivity contribution in [2.45, 2.75) is 5.16 Å². The van der Waals surface area contributed by atoms with Gasteiger partial charge in [-0.3, -0.25) is 4.79 Å². The number of hydrogen-bond donors (Lipinski definition) is 3. The zero-order chi connectivity index (χ0) is 15.5. The summed E-state index contributed by atoms with van der Waals surface area (Å²) in [5.41, 5.74) is 14.1. The Bertz CT molecular complexity index is 744. The topological polar surface area (TPSA) is 129 Å². The third kappa shape index (κ3) is 3.09. The summed E-state index contributed by atoms with van der Waals surface area (Å²) in [5.74, 6) is 1.35. The summed E-state index contributed by atoms with van der Waals surface area (Å²) < 4.78 is 5.64. The van der Waals surface area contributed by atoms with Gasteiger partial charge in [-0.1, -0.05) is 23.9 Å². The molecule has 0 saturated heterocycles. The molecule has 9 heteroatoms. The summed E-state index contributed by atoms with van der Waals surface area (Å²) in [4.78, 5) is 20.0. The fourth-order valence-corrected chi connectivity index (χ4v) is 2.50. The Kier molecular flexibility index (Phi) is 3.79. The number of hydrazone groups is 1. The predicted molar refractivity (Wildman–Crippen MR) is 83.6 cm³/mol. The molecular formula is C13H12N6O2S. The van der Waals surface area contributed by atoms with Crippen LogP contribution in [-0.2, 0) is 0 Å². The van der Waals surface area contributed by atoms with Crippen LogP contribution in [-0.4, -0.2) is 27.5 Å². The summed E-state index contributed by atoms with van der Waals surface area (Å²) in [5, 5.41) is 4.34. The number of anilines is 2. The quantitative estimate of drug-likeness (QED) is 0.566. The first-order valence-corrected chi connectivity index (χ1v) is 7.27. The Hall–Kier alpha value is -2.81. The molecule has 22 heavy (non-hydrogen) atoms. The van der Waals surface area contributed by atoms with Crippen LogP contribution in [0.4, 0.5) is 11.6 Å². The van der Waals surface area contributed by atoms with Crippen molar-refractivity contribution < 1.29 is 9.53 Å². The average molecular weight is 316 g/mol. The lowest BCUT2D eigenvalue weighted by atomic mass is 10.2. The number of nitrogens with one attached hydrogen (secondary N) is 1. The minimum Gasteiger partial charge on any atom is -0.440 e. The fourth-order valence-electron chi connectivity index (χ4n) is 1.78. The molecule has 0 radical (unpaired) electrons. The van der Waals surface area contributed by atoms with Crippen LogP contribution in [0.15, 0.2) is 40.6 Å². The number of thioether (sulfide) groups is 1. The number of benzene rings is 1. The molecule has 0 unspecified atom stereocenters. The summed E-state index contributed by atoms with van der Waals surface area (Å²) in [6.45, 7) is 0. The third-order valence-electron chi connectivity index (χ3n) is 2.71. The lowest BCUT2D eigenvalue weighted by Gasteiger charge is -2.07. The number of ether oxygens (including phenoxy) is 1. The molecule has 1 amide bonds. The van der Waals surface area contributed by atoms with Crippen molar-refractivity contribution in [3.63, 3.8) is 0 Å². The van der Waals surface area contributed by atoms with E-state index in [9.17, 15) is 4.79 Å². The highest BCUT2D eigenvalue weighted by Crippen LogP contribution is 2.22. The molecule has 0 saturated carbocycles. The molecule has 0 atom stereocenters. The van der Waals surface area contributed by atoms with E-state index >= 15 is 0 Å². The Morgan fingerprint density at radius 2 is 1.91 bits per heavy atom. The summed E-state index contributed by atoms with van der Waals surface area (Å²) in [6, 6.07) is 8.38. The average Bonchev–Trinajstić information content (AvgIpc) is 2.64. The smallest absolute Gasteiger partial charge is 0.275 e. The highest BCUT2D eigenvalue weighted by Gasteiger charge is 2.18. The van der Waals surface area contributed by atoms with Gasteiger partial charge < -0.3 is 16.2 Å². The maximum absolute atomic E-state index is 11.9. The number of nitrogens with zero attached hydrogens (tertiary/aromatic N) is 3. The maximum Gasteiger partial charge on any atom is 0.275 e. The maximum atomic E-state index is 11.9. The molecule has 8 nitrogen and oxygen atoms in total. The van der Waals surface area contributed by atoms with Crippen molar-refractivity contribution in [2.24, 2.45) is 5.10 Å². The number of carbonyl (C=O) groups excluding carboxylic acids is 1. The van der Waals surface area contributed by atoms with Crippen molar-refractivity contribution >= 4 is 35.2 Å². The Morgan fingerprint density at radius 3 is 2.68 bits per heavy atom. The molecule has 1 aromatic heterocycles. The molecule has 5 N–H and O–H groups in total. The molecule has 2 heterocycles. The van der Waals surface area contributed by atoms with Crippen molar-refractivity contribution in [1.29, 1.82) is 0 Å². The Morgan fingerprint density at radius 1 is 1.18 bits per heavy atom. The third-order valence-corrected chi connectivity index (χ3v) is 3.54. The van der Waals surface area contributed by atoms with Crippen molar-refractivity contribution in [3.05, 3.63) is 35.9 Å². The Labute approximate surface area is 130 Å². The standard InChI is InChI=1S/C13H12N6O2S/c14-9-5-10(15)17-13(16-9)22-6-11-18-19-12(20)7-3-1-2-4-8(7)21-11/h1-5H,6H2,(H,19,20)(H4,14,15,16,17). The van der Waals surface area contributed by atoms with Crippen LogP contribution < -0.4 is 21.6 Å². The molecule has 1 aliphatic heterocycles. The van der Waals surface area contributed by atoms with E-state index in [1.165, 1.54) is 17.8 Å². The van der Waals surface area contributed by atoms with Crippen LogP contribution in [0.25, 0.3) is 0 Å². The van der Waals surface area contributed by atoms with Gasteiger partial charge >= 0.3 is 0 Å². The lowest BCUT2D eigenvalue weighted by Crippen LogP contribution is -2.18. The summed E-state index contributed by atoms with van der Waals surface area (Å²) in [6.07, 6.45) is 0. The van der Waals surface area contributed by atoms with E-state index in [4.69, 9.17) is 16.2 Å². The first-order chi connectivity index (χ1) is 10.6. The molecule has 2 aromatic rings. The van der Waals surface area contributed by atoms with Gasteiger partial charge in [-0.25, -0.2) is 15.4 Å². The number of nitrogens with two attached hydrogens (primary N) is 2. The van der Waals surface area contributed by atoms with Crippen LogP contribution >= 0.6 is 11.8 Å². The van der Waals surface area contributed by atoms with E-state index in [-0.39, 0.29) is 17.5 Å². The first kappa shape index (κ1) is 14.1. The first-order valence-electron chi connectivity index (χ1n) is 6.28. The lowest BCUT2D eigenvalue weighted by molar-refractivity contribution is 0.0955. The van der Waals surface area contributed by atoms with Crippen LogP contribution in [0.2, 0.25) is 0 Å². The van der Waals surface area contributed by atoms with Crippen LogP contribution in [0.3, 0.4) is 0 Å². The van der Waals surface area contributed by atoms with Crippen molar-refractivity contribution in [2.75, 3.05) is 17.2 Å². The van der Waals surface area contributed by atoms with Gasteiger partial charge in [0.25, 0.3) is 5.91 Å². The highest BCUT2D eigenvalue weighted by atomic mass is 32.2. The summed E-state index contributed by atoms with van der Waals surface area (Å²) in [7, 11) is 0. The van der Waals surface area contributed by atoms with Crippen LogP contribution in [0, 0.1) is 0 Å². The van der Waals surface area contributed by atoms with E-state index in [0.29, 0.717) is 28.1 Å². The molecule has 0 spiro atoms. The van der Waals surface area contributed by atoms with E-state index in [1.54, 1.807) is 24.3 Å². The van der Waals surface area contributed by atoms with Crippen molar-refractivity contribution in [3.8, 4) is 5.75 Å². The number of carbonyl (C=O) groups is 1. The molecule has 0 fully saturated rings. The molecule has 0 bridgehead atoms. The number of amides is 1. The Balaban J connectivity index is 1.75. The second-order valence-corrected chi connectivity index (χ2v) is 5.28. The van der Waals surface area contributed by atoms with Gasteiger partial charge in [0.1, 0.15) is 17.4 Å². The van der Waals surface area contributed by atoms with E-state index in [2.05, 4.69) is 20.5 Å². The van der Waals surface area contributed by atoms with Gasteiger partial charge in [0.2, 0.25) is 5.90 Å². The fraction of sp³-hybridized carbons (Fsp3) is 0.0769. The zero-order valence-electron chi connectivity index (χ0n) is 11.3. The second kappa shape index (κ2) is 5.90. The monoisotopic (exact) mass is 316 g/mol. The highest BCUT2D eigenvalue weighted by molar-refractivity contribution is 7.99. The molecular weight excluding hydrogens is 304 g/mol. The SMILES string of the molecule is Nc1cc(N)nc(SCC2=NNC(=O)c3ccccc3O2)n1. The zero-order valence-corrected chi connectivity index (χ0v) is 12.1. The number of nitrogen functional groups attached to an aromatic ring is 2. The van der Waals surface area contributed by atoms with Gasteiger partial charge in [0.05, 0.1) is 11.3 Å². The van der Waals surface area contributed by atoms with Crippen LogP contribution in [0.5, 0.6) is 5.75 Å². The van der Waals surface area contributed by atoms with E-state index < -0.39 is 0 Å². The summed E-state index contributed by atoms with van der Waals surface area (Å²) >= 11 is 1.25.